The van der Waals surface area contributed by atoms with Gasteiger partial charge in [0.25, 0.3) is 0 Å². The van der Waals surface area contributed by atoms with Crippen molar-refractivity contribution in [3.8, 4) is 0 Å². The minimum absolute atomic E-state index is 0.375. The number of halogens is 1. The van der Waals surface area contributed by atoms with Crippen molar-refractivity contribution in [2.24, 2.45) is 0 Å². The minimum atomic E-state index is -0.600. The zero-order valence-corrected chi connectivity index (χ0v) is 12.5. The summed E-state index contributed by atoms with van der Waals surface area (Å²) in [4.78, 5) is 27.2. The number of hydrogen-bond donors (Lipinski definition) is 0. The van der Waals surface area contributed by atoms with E-state index in [0.717, 1.165) is 5.57 Å². The van der Waals surface area contributed by atoms with Gasteiger partial charge in [-0.2, -0.15) is 0 Å². The van der Waals surface area contributed by atoms with Crippen LogP contribution in [0.15, 0.2) is 29.8 Å². The van der Waals surface area contributed by atoms with E-state index in [1.807, 2.05) is 19.9 Å². The van der Waals surface area contributed by atoms with Crippen LogP contribution in [0.5, 0.6) is 0 Å². The van der Waals surface area contributed by atoms with Crippen LogP contribution in [0, 0.1) is 12.7 Å². The zero-order chi connectivity index (χ0) is 15.6. The molecule has 0 aromatic heterocycles. The van der Waals surface area contributed by atoms with Gasteiger partial charge in [0.05, 0.1) is 5.69 Å². The third-order valence-electron chi connectivity index (χ3n) is 3.56. The predicted octanol–water partition coefficient (Wildman–Crippen LogP) is 2.28. The number of carbonyl (C=O) groups is 2. The van der Waals surface area contributed by atoms with Crippen molar-refractivity contribution >= 4 is 17.5 Å². The number of rotatable bonds is 3. The lowest BCUT2D eigenvalue weighted by Crippen LogP contribution is -2.54. The zero-order valence-electron chi connectivity index (χ0n) is 12.5. The van der Waals surface area contributed by atoms with E-state index in [1.165, 1.54) is 15.9 Å². The molecule has 1 aliphatic rings. The molecule has 2 amide bonds. The molecular weight excluding hydrogens is 271 g/mol. The van der Waals surface area contributed by atoms with Gasteiger partial charge in [0.2, 0.25) is 0 Å². The number of nitrogens with zero attached hydrogens (tertiary/aromatic N) is 2. The Morgan fingerprint density at radius 1 is 1.24 bits per heavy atom. The number of piperazine rings is 1. The molecule has 1 fully saturated rings. The molecule has 0 saturated carbocycles. The molecule has 1 heterocycles. The van der Waals surface area contributed by atoms with E-state index in [4.69, 9.17) is 0 Å². The SMILES string of the molecule is CC(C)=CCN1CCN(c2cccc(F)c2C)C(=O)C1=O. The fraction of sp³-hybridized carbons (Fsp3) is 0.375. The van der Waals surface area contributed by atoms with Gasteiger partial charge in [0.1, 0.15) is 5.82 Å². The highest BCUT2D eigenvalue weighted by molar-refractivity contribution is 6.41. The Hall–Kier alpha value is -2.17. The normalized spacial score (nSPS) is 15.4. The van der Waals surface area contributed by atoms with E-state index in [-0.39, 0.29) is 5.82 Å². The number of carbonyl (C=O) groups excluding carboxylic acids is 2. The largest absolute Gasteiger partial charge is 0.329 e. The highest BCUT2D eigenvalue weighted by Crippen LogP contribution is 2.24. The van der Waals surface area contributed by atoms with Gasteiger partial charge in [-0.1, -0.05) is 17.7 Å². The van der Waals surface area contributed by atoms with Crippen molar-refractivity contribution < 1.29 is 14.0 Å². The summed E-state index contributed by atoms with van der Waals surface area (Å²) in [5.74, 6) is -1.51. The second-order valence-electron chi connectivity index (χ2n) is 5.37. The average molecular weight is 290 g/mol. The summed E-state index contributed by atoms with van der Waals surface area (Å²) >= 11 is 0. The Morgan fingerprint density at radius 2 is 1.95 bits per heavy atom. The second kappa shape index (κ2) is 6.08. The molecule has 1 aromatic rings. The van der Waals surface area contributed by atoms with Crippen LogP contribution in [0.1, 0.15) is 19.4 Å². The molecule has 0 radical (unpaired) electrons. The summed E-state index contributed by atoms with van der Waals surface area (Å²) in [5, 5.41) is 0. The first kappa shape index (κ1) is 15.2. The molecule has 1 aromatic carbocycles. The first-order valence-electron chi connectivity index (χ1n) is 6.91. The van der Waals surface area contributed by atoms with E-state index in [1.54, 1.807) is 19.1 Å². The molecule has 0 N–H and O–H groups in total. The number of allylic oxidation sites excluding steroid dienone is 1. The Bertz CT molecular complexity index is 606. The summed E-state index contributed by atoms with van der Waals surface area (Å²) in [6, 6.07) is 4.55. The Kier molecular flexibility index (Phi) is 4.40. The van der Waals surface area contributed by atoms with Crippen molar-refractivity contribution in [1.82, 2.24) is 4.90 Å². The van der Waals surface area contributed by atoms with Gasteiger partial charge in [-0.05, 0) is 32.9 Å². The summed E-state index contributed by atoms with van der Waals surface area (Å²) in [6.07, 6.45) is 1.91. The van der Waals surface area contributed by atoms with E-state index < -0.39 is 11.8 Å². The molecule has 1 aliphatic heterocycles. The number of anilines is 1. The van der Waals surface area contributed by atoms with E-state index in [9.17, 15) is 14.0 Å². The summed E-state index contributed by atoms with van der Waals surface area (Å²) in [6.45, 7) is 6.76. The summed E-state index contributed by atoms with van der Waals surface area (Å²) in [7, 11) is 0. The maximum Gasteiger partial charge on any atom is 0.316 e. The van der Waals surface area contributed by atoms with Crippen LogP contribution in [0.2, 0.25) is 0 Å². The van der Waals surface area contributed by atoms with Crippen LogP contribution in [0.25, 0.3) is 0 Å². The van der Waals surface area contributed by atoms with Crippen LogP contribution in [-0.2, 0) is 9.59 Å². The molecule has 21 heavy (non-hydrogen) atoms. The molecule has 0 spiro atoms. The molecule has 0 bridgehead atoms. The van der Waals surface area contributed by atoms with Crippen molar-refractivity contribution in [1.29, 1.82) is 0 Å². The van der Waals surface area contributed by atoms with Crippen molar-refractivity contribution in [2.45, 2.75) is 20.8 Å². The fourth-order valence-electron chi connectivity index (χ4n) is 2.26. The van der Waals surface area contributed by atoms with Crippen molar-refractivity contribution in [2.75, 3.05) is 24.5 Å². The van der Waals surface area contributed by atoms with Gasteiger partial charge in [0, 0.05) is 25.2 Å². The first-order valence-corrected chi connectivity index (χ1v) is 6.91. The van der Waals surface area contributed by atoms with Gasteiger partial charge in [-0.25, -0.2) is 4.39 Å². The average Bonchev–Trinajstić information content (AvgIpc) is 2.44. The molecule has 112 valence electrons. The smallest absolute Gasteiger partial charge is 0.316 e. The monoisotopic (exact) mass is 290 g/mol. The van der Waals surface area contributed by atoms with Gasteiger partial charge in [0.15, 0.2) is 0 Å². The molecule has 0 atom stereocenters. The molecule has 4 nitrogen and oxygen atoms in total. The van der Waals surface area contributed by atoms with Crippen LogP contribution >= 0.6 is 0 Å². The van der Waals surface area contributed by atoms with E-state index in [2.05, 4.69) is 0 Å². The highest BCUT2D eigenvalue weighted by Gasteiger charge is 2.33. The van der Waals surface area contributed by atoms with Gasteiger partial charge < -0.3 is 9.80 Å². The third-order valence-corrected chi connectivity index (χ3v) is 3.56. The number of benzene rings is 1. The van der Waals surface area contributed by atoms with E-state index in [0.29, 0.717) is 30.9 Å². The Morgan fingerprint density at radius 3 is 2.62 bits per heavy atom. The molecule has 2 rings (SSSR count). The van der Waals surface area contributed by atoms with Crippen LogP contribution < -0.4 is 4.90 Å². The summed E-state index contributed by atoms with van der Waals surface area (Å²) in [5.41, 5.74) is 1.95. The van der Waals surface area contributed by atoms with Gasteiger partial charge in [-0.15, -0.1) is 0 Å². The Balaban J connectivity index is 2.20. The van der Waals surface area contributed by atoms with Gasteiger partial charge >= 0.3 is 11.8 Å². The third kappa shape index (κ3) is 3.12. The molecular formula is C16H19FN2O2. The van der Waals surface area contributed by atoms with Crippen molar-refractivity contribution in [3.63, 3.8) is 0 Å². The standard InChI is InChI=1S/C16H19FN2O2/c1-11(2)7-8-18-9-10-19(16(21)15(18)20)14-6-4-5-13(17)12(14)3/h4-7H,8-10H2,1-3H3. The first-order chi connectivity index (χ1) is 9.91. The highest BCUT2D eigenvalue weighted by atomic mass is 19.1. The molecule has 1 saturated heterocycles. The lowest BCUT2D eigenvalue weighted by molar-refractivity contribution is -0.145. The fourth-order valence-corrected chi connectivity index (χ4v) is 2.26. The lowest BCUT2D eigenvalue weighted by atomic mass is 10.1. The van der Waals surface area contributed by atoms with Crippen LogP contribution in [0.4, 0.5) is 10.1 Å². The molecule has 5 heteroatoms. The second-order valence-corrected chi connectivity index (χ2v) is 5.37. The van der Waals surface area contributed by atoms with Gasteiger partial charge in [-0.3, -0.25) is 9.59 Å². The maximum atomic E-state index is 13.6. The van der Waals surface area contributed by atoms with Crippen LogP contribution in [-0.4, -0.2) is 36.3 Å². The van der Waals surface area contributed by atoms with Crippen molar-refractivity contribution in [3.05, 3.63) is 41.2 Å². The Labute approximate surface area is 123 Å². The lowest BCUT2D eigenvalue weighted by Gasteiger charge is -2.34. The molecule has 0 aliphatic carbocycles. The predicted molar refractivity (Wildman–Crippen MR) is 79.5 cm³/mol. The van der Waals surface area contributed by atoms with Crippen LogP contribution in [0.3, 0.4) is 0 Å². The summed E-state index contributed by atoms with van der Waals surface area (Å²) < 4.78 is 13.6. The quantitative estimate of drug-likeness (QED) is 0.633. The maximum absolute atomic E-state index is 13.6. The number of hydrogen-bond acceptors (Lipinski definition) is 2. The van der Waals surface area contributed by atoms with E-state index >= 15 is 0 Å². The molecule has 0 unspecified atom stereocenters. The topological polar surface area (TPSA) is 40.6 Å². The minimum Gasteiger partial charge on any atom is -0.329 e. The number of amides is 2.